The second kappa shape index (κ2) is 10.2. The number of hydrogen-bond donors (Lipinski definition) is 1. The smallest absolute Gasteiger partial charge is 0.225 e. The third-order valence-electron chi connectivity index (χ3n) is 4.35. The molecule has 3 rings (SSSR count). The molecule has 1 N–H and O–H groups in total. The number of carbonyl (C=O) groups is 1. The Morgan fingerprint density at radius 3 is 2.62 bits per heavy atom. The Bertz CT molecular complexity index is 925. The maximum absolute atomic E-state index is 12.3. The first-order valence-corrected chi connectivity index (χ1v) is 9.40. The van der Waals surface area contributed by atoms with Crippen molar-refractivity contribution in [1.29, 1.82) is 0 Å². The van der Waals surface area contributed by atoms with Crippen LogP contribution in [0.4, 0.5) is 5.82 Å². The van der Waals surface area contributed by atoms with Crippen LogP contribution in [0, 0.1) is 0 Å². The van der Waals surface area contributed by atoms with Crippen LogP contribution in [0.3, 0.4) is 0 Å². The number of nitrogens with zero attached hydrogens (tertiary/aromatic N) is 2. The number of anilines is 1. The van der Waals surface area contributed by atoms with E-state index in [2.05, 4.69) is 10.4 Å². The van der Waals surface area contributed by atoms with Crippen molar-refractivity contribution in [3.05, 3.63) is 66.4 Å². The van der Waals surface area contributed by atoms with Crippen molar-refractivity contribution in [1.82, 2.24) is 9.78 Å². The molecule has 0 unspecified atom stereocenters. The number of benzene rings is 2. The summed E-state index contributed by atoms with van der Waals surface area (Å²) in [5, 5.41) is 7.22. The van der Waals surface area contributed by atoms with E-state index in [1.54, 1.807) is 31.2 Å². The van der Waals surface area contributed by atoms with Crippen molar-refractivity contribution in [3.63, 3.8) is 0 Å². The Morgan fingerprint density at radius 1 is 1.03 bits per heavy atom. The second-order valence-electron chi connectivity index (χ2n) is 6.34. The molecule has 152 valence electrons. The van der Waals surface area contributed by atoms with Crippen molar-refractivity contribution in [2.45, 2.75) is 19.4 Å². The van der Waals surface area contributed by atoms with Gasteiger partial charge in [-0.15, -0.1) is 0 Å². The number of hydrogen-bond acceptors (Lipinski definition) is 5. The Balaban J connectivity index is 1.54. The molecular weight excluding hydrogens is 370 g/mol. The van der Waals surface area contributed by atoms with E-state index in [1.165, 1.54) is 0 Å². The zero-order valence-electron chi connectivity index (χ0n) is 16.6. The monoisotopic (exact) mass is 395 g/mol. The van der Waals surface area contributed by atoms with Crippen LogP contribution < -0.4 is 19.5 Å². The molecule has 0 atom stereocenters. The molecule has 3 aromatic rings. The number of amides is 1. The lowest BCUT2D eigenvalue weighted by Gasteiger charge is -2.14. The highest BCUT2D eigenvalue weighted by Crippen LogP contribution is 2.31. The highest BCUT2D eigenvalue weighted by atomic mass is 16.5. The summed E-state index contributed by atoms with van der Waals surface area (Å²) in [5.41, 5.74) is 0.905. The molecule has 7 heteroatoms. The Labute approximate surface area is 170 Å². The lowest BCUT2D eigenvalue weighted by molar-refractivity contribution is -0.116. The summed E-state index contributed by atoms with van der Waals surface area (Å²) in [5.74, 6) is 2.66. The molecule has 0 aliphatic rings. The first-order valence-electron chi connectivity index (χ1n) is 9.40. The molecule has 0 radical (unpaired) electrons. The van der Waals surface area contributed by atoms with Gasteiger partial charge in [-0.2, -0.15) is 5.10 Å². The van der Waals surface area contributed by atoms with Crippen LogP contribution in [0.2, 0.25) is 0 Å². The van der Waals surface area contributed by atoms with Gasteiger partial charge in [0.25, 0.3) is 0 Å². The standard InChI is InChI=1S/C22H25N3O4/c1-27-19-11-6-8-17(22(19)28-2)16-25-20(13-14-23-25)24-21(26)12-7-15-29-18-9-4-3-5-10-18/h3-6,8-11,13-14H,7,12,15-16H2,1-2H3,(H,24,26). The van der Waals surface area contributed by atoms with E-state index >= 15 is 0 Å². The largest absolute Gasteiger partial charge is 0.494 e. The maximum Gasteiger partial charge on any atom is 0.225 e. The van der Waals surface area contributed by atoms with Crippen LogP contribution in [0.15, 0.2) is 60.8 Å². The van der Waals surface area contributed by atoms with Gasteiger partial charge in [0.05, 0.1) is 33.6 Å². The number of para-hydroxylation sites is 2. The van der Waals surface area contributed by atoms with E-state index in [-0.39, 0.29) is 5.91 Å². The maximum atomic E-state index is 12.3. The molecule has 29 heavy (non-hydrogen) atoms. The third kappa shape index (κ3) is 5.51. The predicted octanol–water partition coefficient (Wildman–Crippen LogP) is 3.75. The first-order chi connectivity index (χ1) is 14.2. The predicted molar refractivity (Wildman–Crippen MR) is 111 cm³/mol. The molecule has 0 aliphatic heterocycles. The van der Waals surface area contributed by atoms with Crippen LogP contribution in [0.25, 0.3) is 0 Å². The summed E-state index contributed by atoms with van der Waals surface area (Å²) >= 11 is 0. The van der Waals surface area contributed by atoms with Gasteiger partial charge in [0.2, 0.25) is 5.91 Å². The summed E-state index contributed by atoms with van der Waals surface area (Å²) in [7, 11) is 3.20. The van der Waals surface area contributed by atoms with Crippen LogP contribution >= 0.6 is 0 Å². The van der Waals surface area contributed by atoms with Crippen LogP contribution in [0.5, 0.6) is 17.2 Å². The van der Waals surface area contributed by atoms with Gasteiger partial charge in [-0.1, -0.05) is 30.3 Å². The topological polar surface area (TPSA) is 74.6 Å². The molecule has 0 aliphatic carbocycles. The summed E-state index contributed by atoms with van der Waals surface area (Å²) in [6, 6.07) is 17.0. The normalized spacial score (nSPS) is 10.4. The van der Waals surface area contributed by atoms with Crippen molar-refractivity contribution in [3.8, 4) is 17.2 Å². The average molecular weight is 395 g/mol. The van der Waals surface area contributed by atoms with Crippen molar-refractivity contribution in [2.75, 3.05) is 26.1 Å². The fourth-order valence-corrected chi connectivity index (χ4v) is 2.95. The minimum absolute atomic E-state index is 0.0824. The summed E-state index contributed by atoms with van der Waals surface area (Å²) in [6.07, 6.45) is 2.64. The number of ether oxygens (including phenoxy) is 3. The summed E-state index contributed by atoms with van der Waals surface area (Å²) in [6.45, 7) is 0.928. The molecule has 7 nitrogen and oxygen atoms in total. The molecule has 0 bridgehead atoms. The van der Waals surface area contributed by atoms with Gasteiger partial charge in [0, 0.05) is 18.1 Å². The van der Waals surface area contributed by atoms with Gasteiger partial charge in [-0.05, 0) is 24.6 Å². The summed E-state index contributed by atoms with van der Waals surface area (Å²) < 4.78 is 18.1. The Hall–Kier alpha value is -3.48. The van der Waals surface area contributed by atoms with Gasteiger partial charge in [0.1, 0.15) is 11.6 Å². The lowest BCUT2D eigenvalue weighted by Crippen LogP contribution is -2.17. The van der Waals surface area contributed by atoms with E-state index in [0.29, 0.717) is 43.3 Å². The van der Waals surface area contributed by atoms with Crippen molar-refractivity contribution < 1.29 is 19.0 Å². The fraction of sp³-hybridized carbons (Fsp3) is 0.273. The zero-order valence-corrected chi connectivity index (χ0v) is 16.6. The molecule has 0 saturated carbocycles. The SMILES string of the molecule is COc1cccc(Cn2nccc2NC(=O)CCCOc2ccccc2)c1OC. The van der Waals surface area contributed by atoms with Crippen molar-refractivity contribution in [2.24, 2.45) is 0 Å². The average Bonchev–Trinajstić information content (AvgIpc) is 3.18. The number of nitrogens with one attached hydrogen (secondary N) is 1. The minimum Gasteiger partial charge on any atom is -0.494 e. The fourth-order valence-electron chi connectivity index (χ4n) is 2.95. The third-order valence-corrected chi connectivity index (χ3v) is 4.35. The molecule has 0 spiro atoms. The number of aromatic nitrogens is 2. The van der Waals surface area contributed by atoms with E-state index in [0.717, 1.165) is 11.3 Å². The molecule has 1 heterocycles. The molecule has 1 amide bonds. The highest BCUT2D eigenvalue weighted by Gasteiger charge is 2.13. The Morgan fingerprint density at radius 2 is 1.86 bits per heavy atom. The number of rotatable bonds is 10. The van der Waals surface area contributed by atoms with Gasteiger partial charge >= 0.3 is 0 Å². The lowest BCUT2D eigenvalue weighted by atomic mass is 10.2. The molecule has 1 aromatic heterocycles. The molecule has 0 fully saturated rings. The first kappa shape index (κ1) is 20.3. The molecular formula is C22H25N3O4. The summed E-state index contributed by atoms with van der Waals surface area (Å²) in [4.78, 5) is 12.3. The van der Waals surface area contributed by atoms with E-state index in [9.17, 15) is 4.79 Å². The van der Waals surface area contributed by atoms with Gasteiger partial charge in [-0.25, -0.2) is 4.68 Å². The van der Waals surface area contributed by atoms with Gasteiger partial charge in [-0.3, -0.25) is 4.79 Å². The number of methoxy groups -OCH3 is 2. The second-order valence-corrected chi connectivity index (χ2v) is 6.34. The highest BCUT2D eigenvalue weighted by molar-refractivity contribution is 5.89. The van der Waals surface area contributed by atoms with Gasteiger partial charge < -0.3 is 19.5 Å². The van der Waals surface area contributed by atoms with Gasteiger partial charge in [0.15, 0.2) is 11.5 Å². The minimum atomic E-state index is -0.0824. The van der Waals surface area contributed by atoms with Crippen LogP contribution in [0.1, 0.15) is 18.4 Å². The quantitative estimate of drug-likeness (QED) is 0.529. The van der Waals surface area contributed by atoms with Crippen LogP contribution in [-0.2, 0) is 11.3 Å². The molecule has 2 aromatic carbocycles. The Kier molecular flexibility index (Phi) is 7.10. The van der Waals surface area contributed by atoms with E-state index in [1.807, 2.05) is 48.5 Å². The van der Waals surface area contributed by atoms with Crippen molar-refractivity contribution >= 4 is 11.7 Å². The van der Waals surface area contributed by atoms with E-state index < -0.39 is 0 Å². The van der Waals surface area contributed by atoms with Crippen LogP contribution in [-0.4, -0.2) is 36.5 Å². The zero-order chi connectivity index (χ0) is 20.5. The number of carbonyl (C=O) groups excluding carboxylic acids is 1. The molecule has 0 saturated heterocycles. The van der Waals surface area contributed by atoms with E-state index in [4.69, 9.17) is 14.2 Å².